The molecule has 2 aromatic rings. The Balaban J connectivity index is 2.01. The Kier molecular flexibility index (Phi) is 3.82. The molecule has 2 N–H and O–H groups in total. The van der Waals surface area contributed by atoms with E-state index in [0.29, 0.717) is 6.42 Å². The molecule has 0 aliphatic heterocycles. The second kappa shape index (κ2) is 5.36. The Morgan fingerprint density at radius 1 is 1.28 bits per heavy atom. The fraction of sp³-hybridized carbons (Fsp3) is 0.400. The first-order chi connectivity index (χ1) is 8.58. The molecule has 0 spiro atoms. The van der Waals surface area contributed by atoms with Gasteiger partial charge in [-0.05, 0) is 44.7 Å². The van der Waals surface area contributed by atoms with Crippen LogP contribution in [0.4, 0.5) is 0 Å². The zero-order valence-electron chi connectivity index (χ0n) is 11.2. The maximum Gasteiger partial charge on any atom is 0.0981 e. The van der Waals surface area contributed by atoms with Crippen LogP contribution in [-0.2, 0) is 6.42 Å². The molecule has 0 bridgehead atoms. The van der Waals surface area contributed by atoms with Gasteiger partial charge in [-0.25, -0.2) is 4.98 Å². The van der Waals surface area contributed by atoms with Crippen LogP contribution in [0.2, 0.25) is 0 Å². The zero-order chi connectivity index (χ0) is 13.1. The van der Waals surface area contributed by atoms with E-state index < -0.39 is 6.10 Å². The number of benzene rings is 1. The van der Waals surface area contributed by atoms with Crippen molar-refractivity contribution in [2.24, 2.45) is 0 Å². The molecule has 3 heteroatoms. The summed E-state index contributed by atoms with van der Waals surface area (Å²) in [5, 5.41) is 10.1. The van der Waals surface area contributed by atoms with Crippen LogP contribution in [0.25, 0.3) is 0 Å². The Hall–Kier alpha value is -1.61. The molecule has 1 aromatic carbocycles. The molecule has 0 amide bonds. The maximum absolute atomic E-state index is 10.1. The van der Waals surface area contributed by atoms with Gasteiger partial charge >= 0.3 is 0 Å². The maximum atomic E-state index is 10.1. The number of hydrogen-bond donors (Lipinski definition) is 2. The predicted octanol–water partition coefficient (Wildman–Crippen LogP) is 3.00. The van der Waals surface area contributed by atoms with E-state index in [2.05, 4.69) is 42.0 Å². The summed E-state index contributed by atoms with van der Waals surface area (Å²) >= 11 is 0. The third-order valence-electron chi connectivity index (χ3n) is 3.37. The fourth-order valence-electron chi connectivity index (χ4n) is 2.26. The minimum Gasteiger partial charge on any atom is -0.387 e. The highest BCUT2D eigenvalue weighted by atomic mass is 16.3. The van der Waals surface area contributed by atoms with Gasteiger partial charge in [0.05, 0.1) is 18.1 Å². The number of nitrogens with one attached hydrogen (secondary N) is 1. The third-order valence-corrected chi connectivity index (χ3v) is 3.37. The Morgan fingerprint density at radius 3 is 2.67 bits per heavy atom. The van der Waals surface area contributed by atoms with Gasteiger partial charge < -0.3 is 10.1 Å². The standard InChI is InChI=1S/C15H20N2O/c1-10-4-5-13(11(2)8-10)6-7-14(18)15-12(3)16-9-17-15/h4-5,8-9,14,18H,6-7H2,1-3H3,(H,16,17). The lowest BCUT2D eigenvalue weighted by Crippen LogP contribution is -2.03. The summed E-state index contributed by atoms with van der Waals surface area (Å²) in [6, 6.07) is 6.45. The van der Waals surface area contributed by atoms with Crippen molar-refractivity contribution < 1.29 is 5.11 Å². The van der Waals surface area contributed by atoms with Crippen molar-refractivity contribution >= 4 is 0 Å². The first kappa shape index (κ1) is 12.8. The minimum absolute atomic E-state index is 0.489. The van der Waals surface area contributed by atoms with Crippen molar-refractivity contribution in [1.82, 2.24) is 9.97 Å². The molecule has 1 unspecified atom stereocenters. The Morgan fingerprint density at radius 2 is 2.06 bits per heavy atom. The number of H-pyrrole nitrogens is 1. The number of nitrogens with zero attached hydrogens (tertiary/aromatic N) is 1. The van der Waals surface area contributed by atoms with E-state index in [0.717, 1.165) is 17.8 Å². The van der Waals surface area contributed by atoms with Gasteiger partial charge in [0.2, 0.25) is 0 Å². The molecule has 0 aliphatic rings. The first-order valence-electron chi connectivity index (χ1n) is 6.32. The average Bonchev–Trinajstić information content (AvgIpc) is 2.74. The molecule has 2 rings (SSSR count). The highest BCUT2D eigenvalue weighted by Gasteiger charge is 2.13. The molecule has 0 saturated heterocycles. The van der Waals surface area contributed by atoms with Crippen LogP contribution in [0.15, 0.2) is 24.5 Å². The van der Waals surface area contributed by atoms with Crippen LogP contribution in [0.5, 0.6) is 0 Å². The molecule has 1 heterocycles. The van der Waals surface area contributed by atoms with Crippen LogP contribution in [0, 0.1) is 20.8 Å². The normalized spacial score (nSPS) is 12.7. The van der Waals surface area contributed by atoms with Crippen LogP contribution in [0.3, 0.4) is 0 Å². The van der Waals surface area contributed by atoms with Gasteiger partial charge in [0.15, 0.2) is 0 Å². The smallest absolute Gasteiger partial charge is 0.0981 e. The number of aromatic amines is 1. The van der Waals surface area contributed by atoms with E-state index in [-0.39, 0.29) is 0 Å². The zero-order valence-corrected chi connectivity index (χ0v) is 11.2. The third kappa shape index (κ3) is 2.79. The molecule has 0 aliphatic carbocycles. The fourth-order valence-corrected chi connectivity index (χ4v) is 2.26. The van der Waals surface area contributed by atoms with E-state index in [1.807, 2.05) is 6.92 Å². The topological polar surface area (TPSA) is 48.9 Å². The minimum atomic E-state index is -0.489. The molecule has 0 radical (unpaired) electrons. The van der Waals surface area contributed by atoms with Crippen molar-refractivity contribution in [3.63, 3.8) is 0 Å². The van der Waals surface area contributed by atoms with E-state index in [4.69, 9.17) is 0 Å². The summed E-state index contributed by atoms with van der Waals surface area (Å²) in [4.78, 5) is 7.15. The van der Waals surface area contributed by atoms with Gasteiger partial charge in [0, 0.05) is 5.69 Å². The Bertz CT molecular complexity index is 531. The van der Waals surface area contributed by atoms with E-state index >= 15 is 0 Å². The van der Waals surface area contributed by atoms with Gasteiger partial charge in [-0.2, -0.15) is 0 Å². The second-order valence-corrected chi connectivity index (χ2v) is 4.90. The summed E-state index contributed by atoms with van der Waals surface area (Å²) < 4.78 is 0. The van der Waals surface area contributed by atoms with Crippen molar-refractivity contribution in [2.75, 3.05) is 0 Å². The molecular weight excluding hydrogens is 224 g/mol. The van der Waals surface area contributed by atoms with Crippen LogP contribution in [0.1, 0.15) is 40.6 Å². The number of aliphatic hydroxyl groups is 1. The summed E-state index contributed by atoms with van der Waals surface area (Å²) in [7, 11) is 0. The van der Waals surface area contributed by atoms with Gasteiger partial charge in [0.1, 0.15) is 0 Å². The lowest BCUT2D eigenvalue weighted by molar-refractivity contribution is 0.163. The second-order valence-electron chi connectivity index (χ2n) is 4.90. The molecule has 0 saturated carbocycles. The van der Waals surface area contributed by atoms with Gasteiger partial charge in [0.25, 0.3) is 0 Å². The molecule has 3 nitrogen and oxygen atoms in total. The quantitative estimate of drug-likeness (QED) is 0.868. The summed E-state index contributed by atoms with van der Waals surface area (Å²) in [5.41, 5.74) is 5.58. The lowest BCUT2D eigenvalue weighted by Gasteiger charge is -2.11. The predicted molar refractivity (Wildman–Crippen MR) is 72.5 cm³/mol. The largest absolute Gasteiger partial charge is 0.387 e. The van der Waals surface area contributed by atoms with E-state index in [9.17, 15) is 5.11 Å². The van der Waals surface area contributed by atoms with Gasteiger partial charge in [-0.3, -0.25) is 0 Å². The number of hydrogen-bond acceptors (Lipinski definition) is 2. The molecule has 1 atom stereocenters. The summed E-state index contributed by atoms with van der Waals surface area (Å²) in [6.07, 6.45) is 2.72. The highest BCUT2D eigenvalue weighted by molar-refractivity contribution is 5.30. The Labute approximate surface area is 108 Å². The van der Waals surface area contributed by atoms with Crippen molar-refractivity contribution in [2.45, 2.75) is 39.7 Å². The molecule has 18 heavy (non-hydrogen) atoms. The van der Waals surface area contributed by atoms with E-state index in [1.165, 1.54) is 16.7 Å². The first-order valence-corrected chi connectivity index (χ1v) is 6.32. The molecule has 96 valence electrons. The molecule has 0 fully saturated rings. The number of aromatic nitrogens is 2. The van der Waals surface area contributed by atoms with Gasteiger partial charge in [-0.1, -0.05) is 23.8 Å². The van der Waals surface area contributed by atoms with Crippen LogP contribution >= 0.6 is 0 Å². The number of aliphatic hydroxyl groups excluding tert-OH is 1. The van der Waals surface area contributed by atoms with Crippen LogP contribution in [-0.4, -0.2) is 15.1 Å². The average molecular weight is 244 g/mol. The van der Waals surface area contributed by atoms with Crippen LogP contribution < -0.4 is 0 Å². The van der Waals surface area contributed by atoms with Gasteiger partial charge in [-0.15, -0.1) is 0 Å². The highest BCUT2D eigenvalue weighted by Crippen LogP contribution is 2.21. The van der Waals surface area contributed by atoms with Crippen molar-refractivity contribution in [3.8, 4) is 0 Å². The summed E-state index contributed by atoms with van der Waals surface area (Å²) in [5.74, 6) is 0. The number of imidazole rings is 1. The molecule has 1 aromatic heterocycles. The van der Waals surface area contributed by atoms with E-state index in [1.54, 1.807) is 6.33 Å². The summed E-state index contributed by atoms with van der Waals surface area (Å²) in [6.45, 7) is 6.15. The van der Waals surface area contributed by atoms with Crippen molar-refractivity contribution in [3.05, 3.63) is 52.6 Å². The number of rotatable bonds is 4. The monoisotopic (exact) mass is 244 g/mol. The van der Waals surface area contributed by atoms with Crippen molar-refractivity contribution in [1.29, 1.82) is 0 Å². The molecular formula is C15H20N2O. The SMILES string of the molecule is Cc1ccc(CCC(O)c2nc[nH]c2C)c(C)c1. The lowest BCUT2D eigenvalue weighted by atomic mass is 9.99. The number of aryl methyl sites for hydroxylation is 4.